The molecule has 2 N–H and O–H groups in total. The predicted molar refractivity (Wildman–Crippen MR) is 37.8 cm³/mol. The summed E-state index contributed by atoms with van der Waals surface area (Å²) >= 11 is 0. The fourth-order valence-electron chi connectivity index (χ4n) is 1.22. The molecule has 0 aliphatic carbocycles. The molecule has 0 aromatic carbocycles. The number of aliphatic carboxylic acids is 2. The van der Waals surface area contributed by atoms with Crippen LogP contribution >= 0.6 is 0 Å². The van der Waals surface area contributed by atoms with Crippen LogP contribution in [-0.2, 0) is 19.1 Å². The van der Waals surface area contributed by atoms with E-state index in [0.29, 0.717) is 0 Å². The van der Waals surface area contributed by atoms with Crippen molar-refractivity contribution in [3.63, 3.8) is 0 Å². The van der Waals surface area contributed by atoms with Crippen molar-refractivity contribution in [3.05, 3.63) is 0 Å². The van der Waals surface area contributed by atoms with Crippen molar-refractivity contribution in [1.82, 2.24) is 0 Å². The molecule has 1 rings (SSSR count). The second-order valence-electron chi connectivity index (χ2n) is 2.78. The van der Waals surface area contributed by atoms with Gasteiger partial charge in [0, 0.05) is 0 Å². The Morgan fingerprint density at radius 3 is 2.54 bits per heavy atom. The summed E-state index contributed by atoms with van der Waals surface area (Å²) in [6, 6.07) is 0. The first-order chi connectivity index (χ1) is 6.02. The maximum Gasteiger partial charge on any atom is 0.310 e. The Hall–Kier alpha value is -1.59. The average molecular weight is 188 g/mol. The van der Waals surface area contributed by atoms with Gasteiger partial charge in [-0.15, -0.1) is 0 Å². The lowest BCUT2D eigenvalue weighted by molar-refractivity contribution is -0.148. The summed E-state index contributed by atoms with van der Waals surface area (Å²) < 4.78 is 4.46. The lowest BCUT2D eigenvalue weighted by Gasteiger charge is -2.06. The number of carboxylic acid groups (broad SMARTS) is 2. The highest BCUT2D eigenvalue weighted by Crippen LogP contribution is 2.25. The van der Waals surface area contributed by atoms with Gasteiger partial charge in [0.15, 0.2) is 0 Å². The zero-order chi connectivity index (χ0) is 10.0. The summed E-state index contributed by atoms with van der Waals surface area (Å²) in [6.45, 7) is -0.230. The van der Waals surface area contributed by atoms with Gasteiger partial charge in [0.1, 0.15) is 12.5 Å². The Labute approximate surface area is 73.1 Å². The molecular weight excluding hydrogens is 180 g/mol. The zero-order valence-electron chi connectivity index (χ0n) is 6.60. The van der Waals surface area contributed by atoms with E-state index in [2.05, 4.69) is 4.74 Å². The molecule has 0 amide bonds. The van der Waals surface area contributed by atoms with Crippen LogP contribution in [0.15, 0.2) is 0 Å². The molecule has 0 aromatic rings. The van der Waals surface area contributed by atoms with Crippen LogP contribution in [0.4, 0.5) is 0 Å². The quantitative estimate of drug-likeness (QED) is 0.570. The Bertz CT molecular complexity index is 258. The summed E-state index contributed by atoms with van der Waals surface area (Å²) in [4.78, 5) is 31.7. The lowest BCUT2D eigenvalue weighted by atomic mass is 9.93. The van der Waals surface area contributed by atoms with Crippen LogP contribution in [0.1, 0.15) is 6.42 Å². The Kier molecular flexibility index (Phi) is 2.50. The fourth-order valence-corrected chi connectivity index (χ4v) is 1.22. The molecule has 1 aliphatic heterocycles. The standard InChI is InChI=1S/C7H8O6/c8-5(9)1-3-4(6(10)11)2-13-7(3)12/h3-4H,1-2H2,(H,8,9)(H,10,11). The van der Waals surface area contributed by atoms with Crippen LogP contribution in [0.2, 0.25) is 0 Å². The van der Waals surface area contributed by atoms with Crippen molar-refractivity contribution in [1.29, 1.82) is 0 Å². The molecule has 1 fully saturated rings. The van der Waals surface area contributed by atoms with Crippen LogP contribution in [0.25, 0.3) is 0 Å². The molecule has 1 saturated heterocycles. The molecule has 6 heteroatoms. The van der Waals surface area contributed by atoms with Crippen LogP contribution in [0, 0.1) is 11.8 Å². The maximum absolute atomic E-state index is 10.9. The van der Waals surface area contributed by atoms with E-state index in [4.69, 9.17) is 10.2 Å². The molecule has 0 aromatic heterocycles. The first kappa shape index (κ1) is 9.50. The molecule has 1 heterocycles. The predicted octanol–water partition coefficient (Wildman–Crippen LogP) is -0.665. The van der Waals surface area contributed by atoms with Crippen molar-refractivity contribution in [2.45, 2.75) is 6.42 Å². The van der Waals surface area contributed by atoms with Crippen molar-refractivity contribution < 1.29 is 29.3 Å². The number of carbonyl (C=O) groups excluding carboxylic acids is 1. The van der Waals surface area contributed by atoms with Crippen LogP contribution < -0.4 is 0 Å². The minimum absolute atomic E-state index is 0.230. The van der Waals surface area contributed by atoms with Crippen LogP contribution in [-0.4, -0.2) is 34.7 Å². The smallest absolute Gasteiger partial charge is 0.310 e. The minimum Gasteiger partial charge on any atom is -0.481 e. The van der Waals surface area contributed by atoms with Gasteiger partial charge < -0.3 is 14.9 Å². The number of esters is 1. The van der Waals surface area contributed by atoms with Gasteiger partial charge >= 0.3 is 17.9 Å². The molecule has 13 heavy (non-hydrogen) atoms. The van der Waals surface area contributed by atoms with Crippen LogP contribution in [0.3, 0.4) is 0 Å². The maximum atomic E-state index is 10.9. The molecule has 2 atom stereocenters. The van der Waals surface area contributed by atoms with Gasteiger partial charge in [-0.25, -0.2) is 0 Å². The summed E-state index contributed by atoms with van der Waals surface area (Å²) in [5.41, 5.74) is 0. The second-order valence-corrected chi connectivity index (χ2v) is 2.78. The van der Waals surface area contributed by atoms with Crippen molar-refractivity contribution in [2.75, 3.05) is 6.61 Å². The van der Waals surface area contributed by atoms with Gasteiger partial charge in [-0.3, -0.25) is 14.4 Å². The summed E-state index contributed by atoms with van der Waals surface area (Å²) in [6.07, 6.45) is -0.490. The number of ether oxygens (including phenoxy) is 1. The van der Waals surface area contributed by atoms with Gasteiger partial charge in [-0.1, -0.05) is 0 Å². The van der Waals surface area contributed by atoms with E-state index >= 15 is 0 Å². The second kappa shape index (κ2) is 3.42. The number of cyclic esters (lactones) is 1. The van der Waals surface area contributed by atoms with E-state index in [1.165, 1.54) is 0 Å². The first-order valence-corrected chi connectivity index (χ1v) is 3.63. The molecule has 1 aliphatic rings. The van der Waals surface area contributed by atoms with Gasteiger partial charge in [0.05, 0.1) is 12.3 Å². The number of hydrogen-bond acceptors (Lipinski definition) is 4. The zero-order valence-corrected chi connectivity index (χ0v) is 6.60. The Balaban J connectivity index is 2.71. The molecule has 0 spiro atoms. The largest absolute Gasteiger partial charge is 0.481 e. The number of hydrogen-bond donors (Lipinski definition) is 2. The van der Waals surface area contributed by atoms with E-state index in [-0.39, 0.29) is 6.61 Å². The summed E-state index contributed by atoms with van der Waals surface area (Å²) in [5, 5.41) is 17.0. The minimum atomic E-state index is -1.20. The van der Waals surface area contributed by atoms with Gasteiger partial charge in [-0.2, -0.15) is 0 Å². The highest BCUT2D eigenvalue weighted by atomic mass is 16.5. The third-order valence-corrected chi connectivity index (χ3v) is 1.91. The third-order valence-electron chi connectivity index (χ3n) is 1.91. The molecule has 72 valence electrons. The highest BCUT2D eigenvalue weighted by molar-refractivity contribution is 5.87. The fraction of sp³-hybridized carbons (Fsp3) is 0.571. The molecule has 0 bridgehead atoms. The topological polar surface area (TPSA) is 101 Å². The van der Waals surface area contributed by atoms with Gasteiger partial charge in [0.25, 0.3) is 0 Å². The van der Waals surface area contributed by atoms with E-state index in [0.717, 1.165) is 0 Å². The van der Waals surface area contributed by atoms with Crippen molar-refractivity contribution >= 4 is 17.9 Å². The third kappa shape index (κ3) is 1.95. The Morgan fingerprint density at radius 2 is 2.08 bits per heavy atom. The van der Waals surface area contributed by atoms with E-state index < -0.39 is 36.2 Å². The molecule has 6 nitrogen and oxygen atoms in total. The van der Waals surface area contributed by atoms with Crippen molar-refractivity contribution in [2.24, 2.45) is 11.8 Å². The molecule has 2 unspecified atom stereocenters. The highest BCUT2D eigenvalue weighted by Gasteiger charge is 2.42. The van der Waals surface area contributed by atoms with E-state index in [9.17, 15) is 14.4 Å². The molecular formula is C7H8O6. The van der Waals surface area contributed by atoms with Crippen LogP contribution in [0.5, 0.6) is 0 Å². The number of carboxylic acids is 2. The molecule has 0 saturated carbocycles. The lowest BCUT2D eigenvalue weighted by Crippen LogP contribution is -2.25. The normalized spacial score (nSPS) is 26.9. The number of carbonyl (C=O) groups is 3. The number of rotatable bonds is 3. The first-order valence-electron chi connectivity index (χ1n) is 3.63. The Morgan fingerprint density at radius 1 is 1.46 bits per heavy atom. The van der Waals surface area contributed by atoms with E-state index in [1.54, 1.807) is 0 Å². The SMILES string of the molecule is O=C(O)CC1C(=O)OCC1C(=O)O. The summed E-state index contributed by atoms with van der Waals surface area (Å²) in [7, 11) is 0. The van der Waals surface area contributed by atoms with E-state index in [1.807, 2.05) is 0 Å². The van der Waals surface area contributed by atoms with Gasteiger partial charge in [-0.05, 0) is 0 Å². The average Bonchev–Trinajstić information content (AvgIpc) is 2.32. The molecule has 0 radical (unpaired) electrons. The van der Waals surface area contributed by atoms with Gasteiger partial charge in [0.2, 0.25) is 0 Å². The van der Waals surface area contributed by atoms with Crippen molar-refractivity contribution in [3.8, 4) is 0 Å². The monoisotopic (exact) mass is 188 g/mol. The summed E-state index contributed by atoms with van der Waals surface area (Å²) in [5.74, 6) is -5.21.